The van der Waals surface area contributed by atoms with E-state index in [-0.39, 0.29) is 29.5 Å². The third kappa shape index (κ3) is 77.2. The first-order valence-corrected chi connectivity index (χ1v) is 66.0. The summed E-state index contributed by atoms with van der Waals surface area (Å²) < 4.78 is 10.3. The zero-order valence-corrected chi connectivity index (χ0v) is 107. The minimum Gasteiger partial charge on any atom is -0.393 e. The van der Waals surface area contributed by atoms with Crippen molar-refractivity contribution in [1.29, 1.82) is 0 Å². The van der Waals surface area contributed by atoms with Crippen molar-refractivity contribution in [2.45, 2.75) is 670 Å². The molecule has 146 heavy (non-hydrogen) atoms. The van der Waals surface area contributed by atoms with E-state index < -0.39 is 0 Å². The Morgan fingerprint density at radius 3 is 0.692 bits per heavy atom. The molecule has 0 spiro atoms. The maximum absolute atomic E-state index is 9.95. The van der Waals surface area contributed by atoms with E-state index in [0.29, 0.717) is 64.3 Å². The van der Waals surface area contributed by atoms with Crippen molar-refractivity contribution in [3.05, 3.63) is 0 Å². The van der Waals surface area contributed by atoms with Gasteiger partial charge in [-0.15, -0.1) is 0 Å². The van der Waals surface area contributed by atoms with E-state index in [1.807, 2.05) is 0 Å². The van der Waals surface area contributed by atoms with Crippen LogP contribution in [0.3, 0.4) is 0 Å². The Bertz CT molecular complexity index is 2780. The maximum atomic E-state index is 9.95. The third-order valence-electron chi connectivity index (χ3n) is 36.8. The highest BCUT2D eigenvalue weighted by atomic mass is 16.6. The van der Waals surface area contributed by atoms with Gasteiger partial charge in [-0.1, -0.05) is 480 Å². The topological polar surface area (TPSA) is 126 Å². The van der Waals surface area contributed by atoms with Gasteiger partial charge in [-0.3, -0.25) is 4.90 Å². The van der Waals surface area contributed by atoms with Crippen molar-refractivity contribution >= 4 is 0 Å². The number of ether oxygens (including phenoxy) is 2. The molecular weight excluding hydrogens is 1780 g/mol. The molecule has 15 aliphatic carbocycles. The lowest BCUT2D eigenvalue weighted by Crippen LogP contribution is -2.38. The molecule has 8 heteroatoms. The van der Waals surface area contributed by atoms with Crippen molar-refractivity contribution in [3.8, 4) is 0 Å². The van der Waals surface area contributed by atoms with Crippen molar-refractivity contribution in [3.63, 3.8) is 0 Å². The molecule has 0 amide bonds. The van der Waals surface area contributed by atoms with E-state index in [1.165, 1.54) is 366 Å². The molecule has 0 aromatic heterocycles. The van der Waals surface area contributed by atoms with Gasteiger partial charge >= 0.3 is 0 Å². The van der Waals surface area contributed by atoms with Gasteiger partial charge in [0.1, 0.15) is 0 Å². The lowest BCUT2D eigenvalue weighted by atomic mass is 9.71. The predicted molar refractivity (Wildman–Crippen MR) is 649 cm³/mol. The van der Waals surface area contributed by atoms with Gasteiger partial charge in [0.25, 0.3) is 0 Å². The van der Waals surface area contributed by atoms with Crippen LogP contribution in [0.25, 0.3) is 0 Å². The minimum atomic E-state index is -0.321. The SMILES string of the molecule is CC(C)C(O)C1CC1.CC(C)C(O)C1CCC1.CC(C)C(O)C1CCCC1.CC(C)C1(O)CCCC1.CC(C)C1(O)CCCCC1.CC(C)C1CC1.CC(C)C1CCC1.CC(C)C1CCCC1.CC(C)C1CCCCC1.CC(C)CC1(C)CCCC1.CC(C)CC1(C)CCCCC1.CC(C)CC1CC1.CC(C)CC1CC1.CC(C)CC1CCC1.CC(C)CC1CCCC1.CC(C)CCC1CO1.CC(C)CN1CCOCC1. The smallest absolute Gasteiger partial charge is 0.0810 e. The average Bonchev–Trinajstić information content (AvgIpc) is 1.74. The predicted octanol–water partition coefficient (Wildman–Crippen LogP) is 41.6. The Morgan fingerprint density at radius 2 is 0.486 bits per heavy atom. The highest BCUT2D eigenvalue weighted by Gasteiger charge is 2.37. The van der Waals surface area contributed by atoms with Crippen molar-refractivity contribution in [1.82, 2.24) is 4.90 Å². The molecule has 0 radical (unpaired) electrons. The first kappa shape index (κ1) is 144. The second-order valence-corrected chi connectivity index (χ2v) is 59.2. The van der Waals surface area contributed by atoms with Gasteiger partial charge in [0, 0.05) is 19.6 Å². The Kier molecular flexibility index (Phi) is 80.8. The molecule has 8 nitrogen and oxygen atoms in total. The normalized spacial score (nSPS) is 23.3. The van der Waals surface area contributed by atoms with Crippen LogP contribution in [0.2, 0.25) is 0 Å². The van der Waals surface area contributed by atoms with Gasteiger partial charge in [0.05, 0.1) is 55.4 Å². The number of nitrogens with zero attached hydrogens (tertiary/aromatic N) is 1. The molecule has 17 fully saturated rings. The fourth-order valence-corrected chi connectivity index (χ4v) is 25.2. The van der Waals surface area contributed by atoms with E-state index in [1.54, 1.807) is 0 Å². The van der Waals surface area contributed by atoms with E-state index in [9.17, 15) is 25.5 Å². The van der Waals surface area contributed by atoms with Crippen LogP contribution in [0.4, 0.5) is 0 Å². The lowest BCUT2D eigenvalue weighted by molar-refractivity contribution is -0.0368. The standard InChI is InChI=1S/C11H22.C10H20.2C9H18O.2C9H18.C8H17NO.2C8H16O.2C8H16.2C7H14O.3C7H14.C6H12/c1-10(2)9-11(3)7-5-4-6-8-11;1-9(2)8-10(3)6-4-5-7-10;1-8(2)9(10)6-4-3-5-7-9;1-7(2)9(10)8-5-3-4-6-8;1-8(2)7-9-5-3-4-6-9;1-8(2)9-6-4-3-5-7-9;1-8(2)7-9-3-5-10-6-4-9;1-7(2)8(9)5-3-4-6-8;1-6(2)8(9)7-4-3-5-7;1-7(2)6-8-4-3-5-8;1-7(2)8-5-3-4-6-8;1-6(2)3-4-7-5-8-7;1-5(2)7(8)6-3-4-6;2*1-6(2)5-7-3-4-7;1-6(2)7-4-3-5-7;1-5(2)6-3-4-6/h10H,4-9H2,1-3H3;9H,4-8H2,1-3H3;8,10H,3-7H2,1-2H3;7-10H,3-6H2,1-2H3;2*8-9H,3-7H2,1-2H3;8H,3-7H2,1-2H3;7,9H,3-6H2,1-2H3;6-9H,3-5H2,1-2H3;2*7-8H,3-6H2,1-2H3;6-7H,3-5H2,1-2H3;5-8H,3-4H2,1-2H3;3*6-7H,3-5H2,1-2H3;5-6H,3-4H2,1-2H3. The van der Waals surface area contributed by atoms with Crippen molar-refractivity contribution in [2.75, 3.05) is 39.5 Å². The Balaban J connectivity index is 0.000000777. The molecular formula is C138H277NO7. The summed E-state index contributed by atoms with van der Waals surface area (Å²) in [5, 5.41) is 48.1. The van der Waals surface area contributed by atoms with Crippen LogP contribution in [0, 0.1) is 177 Å². The van der Waals surface area contributed by atoms with Gasteiger partial charge in [0.15, 0.2) is 0 Å². The number of morpholine rings is 1. The fraction of sp³-hybridized carbons (Fsp3) is 1.00. The molecule has 4 unspecified atom stereocenters. The Morgan fingerprint density at radius 1 is 0.253 bits per heavy atom. The number of hydrogen-bond acceptors (Lipinski definition) is 8. The number of rotatable bonds is 29. The zero-order valence-electron chi connectivity index (χ0n) is 107. The molecule has 2 saturated heterocycles. The van der Waals surface area contributed by atoms with Crippen LogP contribution < -0.4 is 0 Å². The summed E-state index contributed by atoms with van der Waals surface area (Å²) in [5.41, 5.74) is 0.791. The van der Waals surface area contributed by atoms with Crippen LogP contribution >= 0.6 is 0 Å². The van der Waals surface area contributed by atoms with E-state index in [0.717, 1.165) is 177 Å². The third-order valence-corrected chi connectivity index (χ3v) is 36.8. The van der Waals surface area contributed by atoms with Crippen LogP contribution in [0.1, 0.15) is 635 Å². The maximum Gasteiger partial charge on any atom is 0.0810 e. The monoisotopic (exact) mass is 2060 g/mol. The van der Waals surface area contributed by atoms with Crippen LogP contribution in [0.5, 0.6) is 0 Å². The molecule has 15 saturated carbocycles. The molecule has 0 aromatic carbocycles. The molecule has 0 bridgehead atoms. The van der Waals surface area contributed by atoms with Gasteiger partial charge in [-0.05, 0) is 331 Å². The van der Waals surface area contributed by atoms with Crippen molar-refractivity contribution in [2.24, 2.45) is 177 Å². The number of epoxide rings is 1. The summed E-state index contributed by atoms with van der Waals surface area (Å²) >= 11 is 0. The van der Waals surface area contributed by atoms with Crippen LogP contribution in [-0.2, 0) is 9.47 Å². The minimum absolute atomic E-state index is 0.0185. The summed E-state index contributed by atoms with van der Waals surface area (Å²) in [6.07, 6.45) is 84.4. The number of aliphatic hydroxyl groups excluding tert-OH is 3. The lowest BCUT2D eigenvalue weighted by Gasteiger charge is -2.35. The molecule has 0 aromatic rings. The Labute approximate surface area is 920 Å². The highest BCUT2D eigenvalue weighted by molar-refractivity contribution is 4.90. The Hall–Kier alpha value is -0.320. The molecule has 2 aliphatic heterocycles. The molecule has 17 rings (SSSR count). The van der Waals surface area contributed by atoms with Gasteiger partial charge < -0.3 is 35.0 Å². The average molecular weight is 2060 g/mol. The summed E-state index contributed by atoms with van der Waals surface area (Å²) in [4.78, 5) is 2.47. The van der Waals surface area contributed by atoms with E-state index in [2.05, 4.69) is 254 Å². The van der Waals surface area contributed by atoms with Gasteiger partial charge in [-0.25, -0.2) is 0 Å². The van der Waals surface area contributed by atoms with Crippen LogP contribution in [0.15, 0.2) is 0 Å². The second-order valence-electron chi connectivity index (χ2n) is 59.2. The highest BCUT2D eigenvalue weighted by Crippen LogP contribution is 2.46. The summed E-state index contributed by atoms with van der Waals surface area (Å²) in [5.74, 6) is 23.8. The first-order valence-electron chi connectivity index (χ1n) is 66.0. The molecule has 2 heterocycles. The van der Waals surface area contributed by atoms with E-state index in [4.69, 9.17) is 9.47 Å². The number of aliphatic hydroxyl groups is 5. The van der Waals surface area contributed by atoms with Crippen LogP contribution in [-0.4, -0.2) is 106 Å². The number of hydrogen-bond donors (Lipinski definition) is 5. The van der Waals surface area contributed by atoms with Gasteiger partial charge in [0.2, 0.25) is 0 Å². The quantitative estimate of drug-likeness (QED) is 0.0469. The van der Waals surface area contributed by atoms with Crippen molar-refractivity contribution < 1.29 is 35.0 Å². The summed E-state index contributed by atoms with van der Waals surface area (Å²) in [6, 6.07) is 0. The van der Waals surface area contributed by atoms with Gasteiger partial charge in [-0.2, -0.15) is 0 Å². The molecule has 17 aliphatic rings. The van der Waals surface area contributed by atoms with E-state index >= 15 is 0 Å². The zero-order chi connectivity index (χ0) is 110. The summed E-state index contributed by atoms with van der Waals surface area (Å²) in [7, 11) is 0. The first-order chi connectivity index (χ1) is 68.6. The summed E-state index contributed by atoms with van der Waals surface area (Å²) in [6.45, 7) is 87.8. The molecule has 5 N–H and O–H groups in total. The molecule has 4 atom stereocenters. The second kappa shape index (κ2) is 82.1. The fourth-order valence-electron chi connectivity index (χ4n) is 25.2. The largest absolute Gasteiger partial charge is 0.393 e. The molecule has 876 valence electrons.